The summed E-state index contributed by atoms with van der Waals surface area (Å²) in [5.74, 6) is 0. The van der Waals surface area contributed by atoms with E-state index in [1.165, 1.54) is 0 Å². The highest BCUT2D eigenvalue weighted by atomic mass is 32.3. The summed E-state index contributed by atoms with van der Waals surface area (Å²) in [6.07, 6.45) is 0. The third-order valence-electron chi connectivity index (χ3n) is 1.62. The van der Waals surface area contributed by atoms with Crippen molar-refractivity contribution in [1.82, 2.24) is 4.13 Å². The fourth-order valence-corrected chi connectivity index (χ4v) is 7.38. The lowest BCUT2D eigenvalue weighted by Crippen LogP contribution is -2.45. The Hall–Kier alpha value is 0.0438. The summed E-state index contributed by atoms with van der Waals surface area (Å²) in [6, 6.07) is 0. The van der Waals surface area contributed by atoms with Gasteiger partial charge in [-0.3, -0.25) is 0 Å². The number of sulfonamides is 2. The van der Waals surface area contributed by atoms with Gasteiger partial charge >= 0.3 is 15.5 Å². The molecule has 17 heavy (non-hydrogen) atoms. The summed E-state index contributed by atoms with van der Waals surface area (Å²) in [5, 5.41) is 0. The van der Waals surface area contributed by atoms with Crippen molar-refractivity contribution in [1.29, 1.82) is 0 Å². The van der Waals surface area contributed by atoms with Crippen LogP contribution in [0, 0.1) is 0 Å². The summed E-state index contributed by atoms with van der Waals surface area (Å²) in [5.41, 5.74) is -5.65. The van der Waals surface area contributed by atoms with E-state index in [0.717, 1.165) is 6.92 Å². The minimum absolute atomic E-state index is 0.671. The number of nitrogens with one attached hydrogen (secondary N) is 1. The molecule has 0 heterocycles. The maximum absolute atomic E-state index is 12.0. The molecule has 13 heteroatoms. The molecule has 1 atom stereocenters. The number of halogens is 3. The monoisotopic (exact) mass is 331 g/mol. The highest BCUT2D eigenvalue weighted by molar-refractivity contribution is 8.05. The first-order valence-electron chi connectivity index (χ1n) is 4.35. The average molecular weight is 331 g/mol. The summed E-state index contributed by atoms with van der Waals surface area (Å²) >= 11 is 0. The predicted octanol–water partition coefficient (Wildman–Crippen LogP) is -1.67. The van der Waals surface area contributed by atoms with E-state index in [1.54, 1.807) is 6.55 Å². The first-order chi connectivity index (χ1) is 7.44. The van der Waals surface area contributed by atoms with E-state index in [9.17, 15) is 30.0 Å². The smallest absolute Gasteiger partial charge is 0.464 e. The van der Waals surface area contributed by atoms with Crippen molar-refractivity contribution < 1.29 is 34.1 Å². The number of hydrogen-bond acceptors (Lipinski definition) is 5. The molecule has 0 rings (SSSR count). The molecule has 0 aromatic rings. The molecular weight excluding hydrogens is 319 g/mol. The molecule has 0 aromatic heterocycles. The van der Waals surface area contributed by atoms with Crippen LogP contribution in [0.15, 0.2) is 0 Å². The lowest BCUT2D eigenvalue weighted by Gasteiger charge is -2.14. The number of hydrogen-bond donors (Lipinski definition) is 1. The van der Waals surface area contributed by atoms with Crippen LogP contribution in [-0.2, 0) is 24.2 Å². The van der Waals surface area contributed by atoms with E-state index in [-0.39, 0.29) is 0 Å². The Kier molecular flexibility index (Phi) is 5.80. The standard InChI is InChI=1S/C4H12F3NO5S2Si2/c1-3(17-13-16-2)14(9,10)8-15(11,12)4(5,6)7/h3,8H,16-17H2,1-2H3. The van der Waals surface area contributed by atoms with Crippen molar-refractivity contribution in [3.63, 3.8) is 0 Å². The van der Waals surface area contributed by atoms with Gasteiger partial charge in [-0.25, -0.2) is 16.8 Å². The van der Waals surface area contributed by atoms with Gasteiger partial charge in [0.15, 0.2) is 9.76 Å². The summed E-state index contributed by atoms with van der Waals surface area (Å²) in [7, 11) is -12.9. The van der Waals surface area contributed by atoms with Crippen molar-refractivity contribution >= 4 is 39.6 Å². The van der Waals surface area contributed by atoms with Crippen LogP contribution >= 0.6 is 0 Å². The van der Waals surface area contributed by atoms with Crippen molar-refractivity contribution in [2.75, 3.05) is 0 Å². The minimum Gasteiger partial charge on any atom is -0.464 e. The third-order valence-corrected chi connectivity index (χ3v) is 9.86. The highest BCUT2D eigenvalue weighted by Gasteiger charge is 2.48. The van der Waals surface area contributed by atoms with E-state index < -0.39 is 50.0 Å². The molecule has 0 bridgehead atoms. The SMILES string of the molecule is C[SiH2]O[SiH2]C(C)S(=O)(=O)NS(=O)(=O)C(F)(F)F. The van der Waals surface area contributed by atoms with Crippen molar-refractivity contribution in [2.24, 2.45) is 0 Å². The molecule has 0 saturated heterocycles. The fraction of sp³-hybridized carbons (Fsp3) is 1.00. The van der Waals surface area contributed by atoms with Gasteiger partial charge in [0.05, 0.1) is 4.87 Å². The van der Waals surface area contributed by atoms with Crippen molar-refractivity contribution in [3.8, 4) is 0 Å². The largest absolute Gasteiger partial charge is 0.512 e. The Morgan fingerprint density at radius 2 is 1.71 bits per heavy atom. The van der Waals surface area contributed by atoms with Crippen LogP contribution in [0.2, 0.25) is 6.55 Å². The van der Waals surface area contributed by atoms with Gasteiger partial charge in [0.25, 0.3) is 0 Å². The van der Waals surface area contributed by atoms with Crippen LogP contribution in [0.25, 0.3) is 0 Å². The van der Waals surface area contributed by atoms with Gasteiger partial charge in [0.2, 0.25) is 10.0 Å². The molecule has 0 amide bonds. The Morgan fingerprint density at radius 1 is 1.24 bits per heavy atom. The molecule has 0 spiro atoms. The zero-order valence-electron chi connectivity index (χ0n) is 8.98. The molecular formula is C4H12F3NO5S2Si2. The van der Waals surface area contributed by atoms with Gasteiger partial charge in [-0.15, -0.1) is 4.13 Å². The predicted molar refractivity (Wildman–Crippen MR) is 60.5 cm³/mol. The molecule has 0 aliphatic heterocycles. The minimum atomic E-state index is -5.89. The zero-order chi connectivity index (χ0) is 13.9. The summed E-state index contributed by atoms with van der Waals surface area (Å²) in [4.78, 5) is -1.24. The topological polar surface area (TPSA) is 89.5 Å². The maximum atomic E-state index is 12.0. The normalized spacial score (nSPS) is 17.2. The van der Waals surface area contributed by atoms with Gasteiger partial charge in [0, 0.05) is 0 Å². The number of rotatable bonds is 6. The molecule has 104 valence electrons. The third kappa shape index (κ3) is 5.05. The second-order valence-corrected chi connectivity index (χ2v) is 11.4. The van der Waals surface area contributed by atoms with E-state index in [0.29, 0.717) is 4.13 Å². The summed E-state index contributed by atoms with van der Waals surface area (Å²) in [6.45, 7) is 2.84. The molecule has 0 aliphatic rings. The maximum Gasteiger partial charge on any atom is 0.512 e. The molecule has 0 fully saturated rings. The lowest BCUT2D eigenvalue weighted by atomic mass is 11.0. The van der Waals surface area contributed by atoms with Gasteiger partial charge in [-0.1, -0.05) is 6.55 Å². The molecule has 0 radical (unpaired) electrons. The van der Waals surface area contributed by atoms with Gasteiger partial charge in [-0.05, 0) is 6.92 Å². The first kappa shape index (κ1) is 17.0. The second-order valence-electron chi connectivity index (χ2n) is 3.05. The van der Waals surface area contributed by atoms with Gasteiger partial charge in [0.1, 0.15) is 9.76 Å². The lowest BCUT2D eigenvalue weighted by molar-refractivity contribution is -0.0441. The van der Waals surface area contributed by atoms with E-state index in [1.807, 2.05) is 0 Å². The van der Waals surface area contributed by atoms with Crippen LogP contribution < -0.4 is 4.13 Å². The van der Waals surface area contributed by atoms with E-state index >= 15 is 0 Å². The second kappa shape index (κ2) is 5.79. The Morgan fingerprint density at radius 3 is 2.06 bits per heavy atom. The summed E-state index contributed by atoms with van der Waals surface area (Å²) < 4.78 is 85.3. The Labute approximate surface area is 102 Å². The van der Waals surface area contributed by atoms with Crippen LogP contribution in [0.1, 0.15) is 6.92 Å². The fourth-order valence-electron chi connectivity index (χ4n) is 0.656. The van der Waals surface area contributed by atoms with Crippen LogP contribution in [0.4, 0.5) is 13.2 Å². The molecule has 0 saturated carbocycles. The van der Waals surface area contributed by atoms with Crippen LogP contribution in [0.3, 0.4) is 0 Å². The van der Waals surface area contributed by atoms with Crippen molar-refractivity contribution in [3.05, 3.63) is 0 Å². The first-order valence-corrected chi connectivity index (χ1v) is 10.8. The molecule has 0 aliphatic carbocycles. The molecule has 1 N–H and O–H groups in total. The van der Waals surface area contributed by atoms with Crippen LogP contribution in [-0.4, -0.2) is 46.7 Å². The molecule has 0 aromatic carbocycles. The Balaban J connectivity index is 4.90. The Bertz CT molecular complexity index is 446. The van der Waals surface area contributed by atoms with E-state index in [2.05, 4.69) is 0 Å². The zero-order valence-corrected chi connectivity index (χ0v) is 13.4. The quantitative estimate of drug-likeness (QED) is 0.588. The van der Waals surface area contributed by atoms with Crippen molar-refractivity contribution in [2.45, 2.75) is 23.9 Å². The van der Waals surface area contributed by atoms with Gasteiger partial charge in [-0.2, -0.15) is 13.2 Å². The van der Waals surface area contributed by atoms with E-state index in [4.69, 9.17) is 4.12 Å². The average Bonchev–Trinajstić information content (AvgIpc) is 2.10. The number of alkyl halides is 3. The highest BCUT2D eigenvalue weighted by Crippen LogP contribution is 2.22. The molecule has 6 nitrogen and oxygen atoms in total. The molecule has 1 unspecified atom stereocenters. The van der Waals surface area contributed by atoms with Crippen LogP contribution in [0.5, 0.6) is 0 Å². The van der Waals surface area contributed by atoms with Gasteiger partial charge < -0.3 is 4.12 Å².